The SMILES string of the molecule is NCCN(Cc1ccccc1)c1cnccn1. The minimum absolute atomic E-state index is 0.601. The van der Waals surface area contributed by atoms with Gasteiger partial charge in [-0.2, -0.15) is 0 Å². The minimum atomic E-state index is 0.601. The largest absolute Gasteiger partial charge is 0.350 e. The Kier molecular flexibility index (Phi) is 4.05. The molecule has 4 nitrogen and oxygen atoms in total. The maximum atomic E-state index is 5.63. The number of benzene rings is 1. The van der Waals surface area contributed by atoms with Gasteiger partial charge in [-0.15, -0.1) is 0 Å². The molecule has 2 rings (SSSR count). The fourth-order valence-corrected chi connectivity index (χ4v) is 1.69. The maximum Gasteiger partial charge on any atom is 0.147 e. The summed E-state index contributed by atoms with van der Waals surface area (Å²) in [5, 5.41) is 0. The molecule has 0 saturated carbocycles. The van der Waals surface area contributed by atoms with Gasteiger partial charge in [0.25, 0.3) is 0 Å². The van der Waals surface area contributed by atoms with Crippen LogP contribution in [0.1, 0.15) is 5.56 Å². The molecule has 17 heavy (non-hydrogen) atoms. The van der Waals surface area contributed by atoms with E-state index in [1.165, 1.54) is 5.56 Å². The predicted octanol–water partition coefficient (Wildman–Crippen LogP) is 1.44. The lowest BCUT2D eigenvalue weighted by Crippen LogP contribution is -2.29. The van der Waals surface area contributed by atoms with Gasteiger partial charge in [0.2, 0.25) is 0 Å². The van der Waals surface area contributed by atoms with Crippen LogP contribution in [0.15, 0.2) is 48.9 Å². The van der Waals surface area contributed by atoms with Crippen molar-refractivity contribution >= 4 is 5.82 Å². The lowest BCUT2D eigenvalue weighted by atomic mass is 10.2. The fourth-order valence-electron chi connectivity index (χ4n) is 1.69. The van der Waals surface area contributed by atoms with Gasteiger partial charge in [0.15, 0.2) is 0 Å². The normalized spacial score (nSPS) is 10.2. The molecule has 88 valence electrons. The maximum absolute atomic E-state index is 5.63. The first kappa shape index (κ1) is 11.5. The highest BCUT2D eigenvalue weighted by atomic mass is 15.2. The van der Waals surface area contributed by atoms with Crippen molar-refractivity contribution in [1.29, 1.82) is 0 Å². The Hall–Kier alpha value is -1.94. The highest BCUT2D eigenvalue weighted by Crippen LogP contribution is 2.11. The van der Waals surface area contributed by atoms with Gasteiger partial charge in [-0.1, -0.05) is 30.3 Å². The van der Waals surface area contributed by atoms with E-state index in [0.29, 0.717) is 6.54 Å². The monoisotopic (exact) mass is 228 g/mol. The van der Waals surface area contributed by atoms with Crippen molar-refractivity contribution in [3.63, 3.8) is 0 Å². The number of rotatable bonds is 5. The van der Waals surface area contributed by atoms with Crippen LogP contribution >= 0.6 is 0 Å². The minimum Gasteiger partial charge on any atom is -0.350 e. The van der Waals surface area contributed by atoms with Crippen molar-refractivity contribution < 1.29 is 0 Å². The van der Waals surface area contributed by atoms with E-state index in [2.05, 4.69) is 27.0 Å². The number of nitrogens with two attached hydrogens (primary N) is 1. The number of nitrogens with zero attached hydrogens (tertiary/aromatic N) is 3. The third-order valence-electron chi connectivity index (χ3n) is 2.49. The molecule has 0 aliphatic rings. The molecule has 0 saturated heterocycles. The number of aromatic nitrogens is 2. The van der Waals surface area contributed by atoms with Crippen LogP contribution in [0.4, 0.5) is 5.82 Å². The van der Waals surface area contributed by atoms with Crippen LogP contribution in [0, 0.1) is 0 Å². The second-order valence-electron chi connectivity index (χ2n) is 3.76. The lowest BCUT2D eigenvalue weighted by Gasteiger charge is -2.22. The van der Waals surface area contributed by atoms with Gasteiger partial charge in [0, 0.05) is 32.0 Å². The number of hydrogen-bond acceptors (Lipinski definition) is 4. The van der Waals surface area contributed by atoms with Crippen molar-refractivity contribution in [3.05, 3.63) is 54.5 Å². The smallest absolute Gasteiger partial charge is 0.147 e. The average Bonchev–Trinajstić information content (AvgIpc) is 2.40. The molecule has 0 aliphatic carbocycles. The Morgan fingerprint density at radius 2 is 1.94 bits per heavy atom. The second-order valence-corrected chi connectivity index (χ2v) is 3.76. The second kappa shape index (κ2) is 5.96. The first-order valence-electron chi connectivity index (χ1n) is 5.65. The third-order valence-corrected chi connectivity index (χ3v) is 2.49. The molecule has 2 N–H and O–H groups in total. The Labute approximate surface area is 101 Å². The van der Waals surface area contributed by atoms with Crippen LogP contribution in [0.25, 0.3) is 0 Å². The summed E-state index contributed by atoms with van der Waals surface area (Å²) in [5.41, 5.74) is 6.87. The Morgan fingerprint density at radius 3 is 2.59 bits per heavy atom. The van der Waals surface area contributed by atoms with Crippen molar-refractivity contribution in [2.75, 3.05) is 18.0 Å². The van der Waals surface area contributed by atoms with E-state index in [4.69, 9.17) is 5.73 Å². The predicted molar refractivity (Wildman–Crippen MR) is 68.6 cm³/mol. The summed E-state index contributed by atoms with van der Waals surface area (Å²) in [4.78, 5) is 10.5. The van der Waals surface area contributed by atoms with Gasteiger partial charge in [0.05, 0.1) is 6.20 Å². The molecule has 2 aromatic rings. The van der Waals surface area contributed by atoms with Gasteiger partial charge >= 0.3 is 0 Å². The lowest BCUT2D eigenvalue weighted by molar-refractivity contribution is 0.772. The topological polar surface area (TPSA) is 55.0 Å². The van der Waals surface area contributed by atoms with Crippen LogP contribution in [0.5, 0.6) is 0 Å². The van der Waals surface area contributed by atoms with E-state index in [1.54, 1.807) is 18.6 Å². The van der Waals surface area contributed by atoms with Gasteiger partial charge < -0.3 is 10.6 Å². The molecular formula is C13H16N4. The summed E-state index contributed by atoms with van der Waals surface area (Å²) >= 11 is 0. The van der Waals surface area contributed by atoms with E-state index < -0.39 is 0 Å². The van der Waals surface area contributed by atoms with E-state index in [9.17, 15) is 0 Å². The zero-order valence-electron chi connectivity index (χ0n) is 9.66. The molecule has 0 atom stereocenters. The third kappa shape index (κ3) is 3.26. The molecule has 0 fully saturated rings. The summed E-state index contributed by atoms with van der Waals surface area (Å²) in [6.45, 7) is 2.17. The highest BCUT2D eigenvalue weighted by Gasteiger charge is 2.07. The molecule has 0 aliphatic heterocycles. The molecule has 1 heterocycles. The van der Waals surface area contributed by atoms with Gasteiger partial charge in [0.1, 0.15) is 5.82 Å². The Bertz CT molecular complexity index is 430. The number of anilines is 1. The molecule has 1 aromatic heterocycles. The molecule has 1 aromatic carbocycles. The number of hydrogen-bond donors (Lipinski definition) is 1. The van der Waals surface area contributed by atoms with E-state index in [1.807, 2.05) is 18.2 Å². The standard InChI is InChI=1S/C13H16N4/c14-6-9-17(13-10-15-7-8-16-13)11-12-4-2-1-3-5-12/h1-5,7-8,10H,6,9,11,14H2. The van der Waals surface area contributed by atoms with E-state index in [0.717, 1.165) is 18.9 Å². The van der Waals surface area contributed by atoms with Crippen LogP contribution in [0.2, 0.25) is 0 Å². The van der Waals surface area contributed by atoms with Crippen LogP contribution in [0.3, 0.4) is 0 Å². The molecular weight excluding hydrogens is 212 g/mol. The fraction of sp³-hybridized carbons (Fsp3) is 0.231. The summed E-state index contributed by atoms with van der Waals surface area (Å²) in [5.74, 6) is 0.863. The summed E-state index contributed by atoms with van der Waals surface area (Å²) < 4.78 is 0. The first-order valence-corrected chi connectivity index (χ1v) is 5.65. The van der Waals surface area contributed by atoms with Crippen molar-refractivity contribution in [2.45, 2.75) is 6.54 Å². The van der Waals surface area contributed by atoms with Crippen molar-refractivity contribution in [1.82, 2.24) is 9.97 Å². The average molecular weight is 228 g/mol. The molecule has 0 amide bonds. The van der Waals surface area contributed by atoms with Gasteiger partial charge in [-0.05, 0) is 5.56 Å². The summed E-state index contributed by atoms with van der Waals surface area (Å²) in [6.07, 6.45) is 5.13. The Morgan fingerprint density at radius 1 is 1.12 bits per heavy atom. The zero-order valence-corrected chi connectivity index (χ0v) is 9.66. The van der Waals surface area contributed by atoms with E-state index >= 15 is 0 Å². The molecule has 0 radical (unpaired) electrons. The molecule has 0 spiro atoms. The Balaban J connectivity index is 2.13. The van der Waals surface area contributed by atoms with Gasteiger partial charge in [-0.3, -0.25) is 4.98 Å². The quantitative estimate of drug-likeness (QED) is 0.841. The van der Waals surface area contributed by atoms with E-state index in [-0.39, 0.29) is 0 Å². The summed E-state index contributed by atoms with van der Waals surface area (Å²) in [6, 6.07) is 10.3. The molecule has 4 heteroatoms. The molecule has 0 unspecified atom stereocenters. The van der Waals surface area contributed by atoms with Crippen LogP contribution in [-0.2, 0) is 6.54 Å². The molecule has 0 bridgehead atoms. The zero-order chi connectivity index (χ0) is 11.9. The highest BCUT2D eigenvalue weighted by molar-refractivity contribution is 5.36. The van der Waals surface area contributed by atoms with Crippen LogP contribution in [-0.4, -0.2) is 23.1 Å². The van der Waals surface area contributed by atoms with Crippen molar-refractivity contribution in [3.8, 4) is 0 Å². The van der Waals surface area contributed by atoms with Crippen molar-refractivity contribution in [2.24, 2.45) is 5.73 Å². The first-order chi connectivity index (χ1) is 8.40. The summed E-state index contributed by atoms with van der Waals surface area (Å²) in [7, 11) is 0. The van der Waals surface area contributed by atoms with Crippen LogP contribution < -0.4 is 10.6 Å². The van der Waals surface area contributed by atoms with Gasteiger partial charge in [-0.25, -0.2) is 4.98 Å².